The molecular weight excluding hydrogens is 490 g/mol. The van der Waals surface area contributed by atoms with Crippen LogP contribution < -0.4 is 10.2 Å². The number of benzene rings is 1. The number of hydrogen-bond donors (Lipinski definition) is 1. The predicted molar refractivity (Wildman–Crippen MR) is 132 cm³/mol. The van der Waals surface area contributed by atoms with Gasteiger partial charge in [-0.25, -0.2) is 14.2 Å². The van der Waals surface area contributed by atoms with E-state index in [1.807, 2.05) is 29.8 Å². The second kappa shape index (κ2) is 9.85. The molecule has 2 fully saturated rings. The van der Waals surface area contributed by atoms with Gasteiger partial charge in [0.15, 0.2) is 5.65 Å². The van der Waals surface area contributed by atoms with E-state index in [1.54, 1.807) is 13.0 Å². The Morgan fingerprint density at radius 1 is 1.14 bits per heavy atom. The zero-order chi connectivity index (χ0) is 26.3. The van der Waals surface area contributed by atoms with Crippen LogP contribution in [0, 0.1) is 25.6 Å². The fraction of sp³-hybridized carbons (Fsp3) is 0.462. The number of nitrogens with one attached hydrogen (secondary N) is 1. The largest absolute Gasteiger partial charge is 0.389 e. The molecule has 2 amide bonds. The van der Waals surface area contributed by atoms with E-state index in [9.17, 15) is 22.4 Å². The molecule has 0 radical (unpaired) electrons. The van der Waals surface area contributed by atoms with Crippen LogP contribution in [0.4, 0.5) is 33.7 Å². The van der Waals surface area contributed by atoms with Crippen molar-refractivity contribution in [2.75, 3.05) is 49.6 Å². The van der Waals surface area contributed by atoms with Crippen molar-refractivity contribution < 1.29 is 27.1 Å². The van der Waals surface area contributed by atoms with Gasteiger partial charge < -0.3 is 24.3 Å². The Hall–Kier alpha value is -3.34. The molecule has 0 bridgehead atoms. The summed E-state index contributed by atoms with van der Waals surface area (Å²) in [7, 11) is 0. The first-order valence-corrected chi connectivity index (χ1v) is 12.3. The molecule has 0 aliphatic carbocycles. The number of nitrogens with zero attached hydrogens (tertiary/aromatic N) is 4. The number of morpholine rings is 1. The van der Waals surface area contributed by atoms with Crippen LogP contribution in [0.2, 0.25) is 0 Å². The zero-order valence-corrected chi connectivity index (χ0v) is 20.7. The van der Waals surface area contributed by atoms with Gasteiger partial charge >= 0.3 is 12.2 Å². The molecule has 37 heavy (non-hydrogen) atoms. The van der Waals surface area contributed by atoms with Gasteiger partial charge in [0.2, 0.25) is 0 Å². The number of aryl methyl sites for hydroxylation is 2. The lowest BCUT2D eigenvalue weighted by atomic mass is 10.00. The van der Waals surface area contributed by atoms with Crippen molar-refractivity contribution in [3.8, 4) is 11.1 Å². The standard InChI is InChI=1S/C26H29F4N5O2/c1-16-9-21(27)22(32-25(36)34-4-3-18(14-34)12-26(28,29)30)11-20(16)19-10-23(33-5-7-37-8-6-33)24-31-17(2)13-35(24)15-19/h9-11,13,15,18H,3-8,12,14H2,1-2H3,(H,32,36)/t18-/m0/s1. The third kappa shape index (κ3) is 5.51. The molecule has 0 spiro atoms. The van der Waals surface area contributed by atoms with Crippen LogP contribution in [0.1, 0.15) is 24.1 Å². The quantitative estimate of drug-likeness (QED) is 0.469. The summed E-state index contributed by atoms with van der Waals surface area (Å²) in [4.78, 5) is 21.0. The number of likely N-dealkylation sites (tertiary alicyclic amines) is 1. The SMILES string of the molecule is Cc1cn2cc(-c3cc(NC(=O)N4CC[C@@H](CC(F)(F)F)C4)c(F)cc3C)cc(N3CCOCC3)c2n1. The Labute approximate surface area is 212 Å². The minimum absolute atomic E-state index is 0.00869. The summed E-state index contributed by atoms with van der Waals surface area (Å²) in [6, 6.07) is 4.35. The Kier molecular flexibility index (Phi) is 6.74. The van der Waals surface area contributed by atoms with Crippen LogP contribution in [0.5, 0.6) is 0 Å². The average Bonchev–Trinajstić information content (AvgIpc) is 3.45. The molecule has 5 rings (SSSR count). The van der Waals surface area contributed by atoms with Crippen LogP contribution >= 0.6 is 0 Å². The summed E-state index contributed by atoms with van der Waals surface area (Å²) in [5, 5.41) is 2.58. The minimum atomic E-state index is -4.27. The van der Waals surface area contributed by atoms with E-state index in [4.69, 9.17) is 4.74 Å². The van der Waals surface area contributed by atoms with Gasteiger partial charge in [-0.05, 0) is 55.5 Å². The maximum atomic E-state index is 14.9. The van der Waals surface area contributed by atoms with Crippen molar-refractivity contribution in [1.82, 2.24) is 14.3 Å². The number of hydrogen-bond acceptors (Lipinski definition) is 4. The second-order valence-corrected chi connectivity index (χ2v) is 9.82. The Morgan fingerprint density at radius 2 is 1.89 bits per heavy atom. The molecule has 4 heterocycles. The van der Waals surface area contributed by atoms with E-state index < -0.39 is 30.4 Å². The molecule has 2 aromatic heterocycles. The number of anilines is 2. The Bertz CT molecular complexity index is 1320. The minimum Gasteiger partial charge on any atom is -0.378 e. The predicted octanol–water partition coefficient (Wildman–Crippen LogP) is 5.40. The van der Waals surface area contributed by atoms with Crippen molar-refractivity contribution in [2.24, 2.45) is 5.92 Å². The third-order valence-corrected chi connectivity index (χ3v) is 6.96. The number of fused-ring (bicyclic) bond motifs is 1. The zero-order valence-electron chi connectivity index (χ0n) is 20.7. The summed E-state index contributed by atoms with van der Waals surface area (Å²) in [5.41, 5.74) is 4.85. The van der Waals surface area contributed by atoms with Crippen LogP contribution in [-0.4, -0.2) is 65.9 Å². The molecule has 2 saturated heterocycles. The number of urea groups is 1. The summed E-state index contributed by atoms with van der Waals surface area (Å²) in [6.07, 6.45) is -1.09. The van der Waals surface area contributed by atoms with Gasteiger partial charge in [-0.2, -0.15) is 13.2 Å². The van der Waals surface area contributed by atoms with E-state index in [-0.39, 0.29) is 25.2 Å². The number of imidazole rings is 1. The fourth-order valence-corrected chi connectivity index (χ4v) is 5.17. The number of amides is 2. The molecule has 7 nitrogen and oxygen atoms in total. The van der Waals surface area contributed by atoms with Gasteiger partial charge in [0.1, 0.15) is 5.82 Å². The van der Waals surface area contributed by atoms with Crippen LogP contribution in [0.15, 0.2) is 30.6 Å². The van der Waals surface area contributed by atoms with Crippen LogP contribution in [0.25, 0.3) is 16.8 Å². The molecule has 3 aromatic rings. The fourth-order valence-electron chi connectivity index (χ4n) is 5.17. The van der Waals surface area contributed by atoms with Gasteiger partial charge in [-0.15, -0.1) is 0 Å². The first-order valence-electron chi connectivity index (χ1n) is 12.3. The highest BCUT2D eigenvalue weighted by Gasteiger charge is 2.36. The molecule has 2 aliphatic rings. The molecule has 11 heteroatoms. The maximum absolute atomic E-state index is 14.9. The Morgan fingerprint density at radius 3 is 2.62 bits per heavy atom. The van der Waals surface area contributed by atoms with Crippen LogP contribution in [0.3, 0.4) is 0 Å². The van der Waals surface area contributed by atoms with E-state index in [1.165, 1.54) is 11.0 Å². The number of alkyl halides is 3. The van der Waals surface area contributed by atoms with Gasteiger partial charge in [0, 0.05) is 50.6 Å². The lowest BCUT2D eigenvalue weighted by Gasteiger charge is -2.29. The highest BCUT2D eigenvalue weighted by Crippen LogP contribution is 2.35. The van der Waals surface area contributed by atoms with E-state index >= 15 is 0 Å². The number of carbonyl (C=O) groups is 1. The second-order valence-electron chi connectivity index (χ2n) is 9.82. The lowest BCUT2D eigenvalue weighted by Crippen LogP contribution is -2.36. The highest BCUT2D eigenvalue weighted by atomic mass is 19.4. The normalized spacial score (nSPS) is 18.6. The Balaban J connectivity index is 1.43. The summed E-state index contributed by atoms with van der Waals surface area (Å²) < 4.78 is 60.6. The van der Waals surface area contributed by atoms with Gasteiger partial charge in [-0.1, -0.05) is 0 Å². The van der Waals surface area contributed by atoms with Crippen LogP contribution in [-0.2, 0) is 4.74 Å². The number of pyridine rings is 1. The summed E-state index contributed by atoms with van der Waals surface area (Å²) in [6.45, 7) is 6.58. The number of carbonyl (C=O) groups excluding carboxylic acids is 1. The topological polar surface area (TPSA) is 62.1 Å². The number of aromatic nitrogens is 2. The van der Waals surface area contributed by atoms with Crippen molar-refractivity contribution in [2.45, 2.75) is 32.9 Å². The highest BCUT2D eigenvalue weighted by molar-refractivity contribution is 5.91. The molecule has 1 N–H and O–H groups in total. The van der Waals surface area contributed by atoms with Crippen molar-refractivity contribution in [3.63, 3.8) is 0 Å². The van der Waals surface area contributed by atoms with E-state index in [2.05, 4.69) is 15.2 Å². The molecular formula is C26H29F4N5O2. The molecule has 2 aliphatic heterocycles. The number of rotatable bonds is 4. The summed E-state index contributed by atoms with van der Waals surface area (Å²) in [5.74, 6) is -1.25. The average molecular weight is 520 g/mol. The summed E-state index contributed by atoms with van der Waals surface area (Å²) >= 11 is 0. The maximum Gasteiger partial charge on any atom is 0.389 e. The number of halogens is 4. The van der Waals surface area contributed by atoms with Gasteiger partial charge in [-0.3, -0.25) is 0 Å². The van der Waals surface area contributed by atoms with E-state index in [0.717, 1.165) is 41.2 Å². The first-order chi connectivity index (χ1) is 17.6. The molecule has 1 atom stereocenters. The number of ether oxygens (including phenoxy) is 1. The van der Waals surface area contributed by atoms with Crippen molar-refractivity contribution >= 4 is 23.1 Å². The molecule has 198 valence electrons. The lowest BCUT2D eigenvalue weighted by molar-refractivity contribution is -0.143. The smallest absolute Gasteiger partial charge is 0.378 e. The third-order valence-electron chi connectivity index (χ3n) is 6.96. The van der Waals surface area contributed by atoms with Gasteiger partial charge in [0.05, 0.1) is 30.3 Å². The molecule has 1 aromatic carbocycles. The van der Waals surface area contributed by atoms with Gasteiger partial charge in [0.25, 0.3) is 0 Å². The van der Waals surface area contributed by atoms with Crippen molar-refractivity contribution in [3.05, 3.63) is 47.7 Å². The first kappa shape index (κ1) is 25.3. The molecule has 0 saturated carbocycles. The van der Waals surface area contributed by atoms with E-state index in [0.29, 0.717) is 18.8 Å². The monoisotopic (exact) mass is 519 g/mol. The van der Waals surface area contributed by atoms with Crippen molar-refractivity contribution in [1.29, 1.82) is 0 Å². The molecule has 0 unspecified atom stereocenters.